The molecular formula is C30H36N2O3. The lowest BCUT2D eigenvalue weighted by atomic mass is 9.88. The Morgan fingerprint density at radius 2 is 1.37 bits per heavy atom. The van der Waals surface area contributed by atoms with Crippen LogP contribution in [0.2, 0.25) is 0 Å². The van der Waals surface area contributed by atoms with Gasteiger partial charge >= 0.3 is 0 Å². The predicted octanol–water partition coefficient (Wildman–Crippen LogP) is 5.55. The average Bonchev–Trinajstić information content (AvgIpc) is 2.85. The topological polar surface area (TPSA) is 58.6 Å². The van der Waals surface area contributed by atoms with E-state index in [0.717, 1.165) is 22.4 Å². The maximum atomic E-state index is 13.9. The van der Waals surface area contributed by atoms with Gasteiger partial charge in [0.25, 0.3) is 0 Å². The summed E-state index contributed by atoms with van der Waals surface area (Å²) in [6, 6.07) is 27.1. The van der Waals surface area contributed by atoms with Crippen molar-refractivity contribution in [1.82, 2.24) is 10.2 Å². The van der Waals surface area contributed by atoms with Gasteiger partial charge in [-0.3, -0.25) is 9.59 Å². The van der Waals surface area contributed by atoms with Crippen LogP contribution in [0.5, 0.6) is 5.75 Å². The monoisotopic (exact) mass is 472 g/mol. The molecule has 0 radical (unpaired) electrons. The Labute approximate surface area is 209 Å². The molecule has 184 valence electrons. The molecule has 0 spiro atoms. The first-order valence-electron chi connectivity index (χ1n) is 12.0. The van der Waals surface area contributed by atoms with Gasteiger partial charge in [0, 0.05) is 24.4 Å². The third-order valence-electron chi connectivity index (χ3n) is 5.96. The number of hydrogen-bond donors (Lipinski definition) is 1. The van der Waals surface area contributed by atoms with Crippen LogP contribution in [0.25, 0.3) is 0 Å². The van der Waals surface area contributed by atoms with Gasteiger partial charge in [-0.1, -0.05) is 72.8 Å². The summed E-state index contributed by atoms with van der Waals surface area (Å²) < 4.78 is 5.27. The number of carbonyl (C=O) groups is 2. The van der Waals surface area contributed by atoms with Crippen molar-refractivity contribution in [3.05, 3.63) is 102 Å². The molecule has 3 rings (SSSR count). The van der Waals surface area contributed by atoms with Crippen molar-refractivity contribution in [2.45, 2.75) is 58.2 Å². The van der Waals surface area contributed by atoms with Gasteiger partial charge < -0.3 is 15.0 Å². The molecule has 35 heavy (non-hydrogen) atoms. The lowest BCUT2D eigenvalue weighted by molar-refractivity contribution is -0.141. The standard InChI is InChI=1S/C30H36N2O3/c1-22(29(34)31-30(2,3)4)32(21-23-16-18-26(35-5)19-17-23)28(33)20-27(24-12-8-6-9-13-24)25-14-10-7-11-15-25/h6-19,22,27H,20-21H2,1-5H3,(H,31,34). The second-order valence-electron chi connectivity index (χ2n) is 9.86. The quantitative estimate of drug-likeness (QED) is 0.444. The number of carbonyl (C=O) groups excluding carboxylic acids is 2. The molecule has 0 aliphatic carbocycles. The van der Waals surface area contributed by atoms with Crippen molar-refractivity contribution in [2.24, 2.45) is 0 Å². The van der Waals surface area contributed by atoms with Crippen LogP contribution in [0, 0.1) is 0 Å². The van der Waals surface area contributed by atoms with E-state index in [1.54, 1.807) is 18.9 Å². The Bertz CT molecular complexity index is 1050. The summed E-state index contributed by atoms with van der Waals surface area (Å²) in [5.74, 6) is 0.393. The molecule has 2 amide bonds. The van der Waals surface area contributed by atoms with Crippen LogP contribution in [0.4, 0.5) is 0 Å². The minimum absolute atomic E-state index is 0.0740. The van der Waals surface area contributed by atoms with E-state index in [-0.39, 0.29) is 24.2 Å². The van der Waals surface area contributed by atoms with Gasteiger partial charge in [0.1, 0.15) is 11.8 Å². The molecule has 0 aliphatic rings. The SMILES string of the molecule is COc1ccc(CN(C(=O)CC(c2ccccc2)c2ccccc2)C(C)C(=O)NC(C)(C)C)cc1. The maximum Gasteiger partial charge on any atom is 0.242 e. The minimum Gasteiger partial charge on any atom is -0.497 e. The Morgan fingerprint density at radius 3 is 1.83 bits per heavy atom. The van der Waals surface area contributed by atoms with E-state index in [1.165, 1.54) is 0 Å². The number of benzene rings is 3. The first kappa shape index (κ1) is 26.0. The number of rotatable bonds is 9. The third-order valence-corrected chi connectivity index (χ3v) is 5.96. The summed E-state index contributed by atoms with van der Waals surface area (Å²) >= 11 is 0. The molecule has 1 N–H and O–H groups in total. The second kappa shape index (κ2) is 11.7. The van der Waals surface area contributed by atoms with E-state index >= 15 is 0 Å². The maximum absolute atomic E-state index is 13.9. The average molecular weight is 473 g/mol. The highest BCUT2D eigenvalue weighted by molar-refractivity contribution is 5.88. The zero-order chi connectivity index (χ0) is 25.4. The molecule has 1 unspecified atom stereocenters. The highest BCUT2D eigenvalue weighted by atomic mass is 16.5. The molecule has 3 aromatic rings. The molecule has 5 nitrogen and oxygen atoms in total. The first-order chi connectivity index (χ1) is 16.7. The fraction of sp³-hybridized carbons (Fsp3) is 0.333. The van der Waals surface area contributed by atoms with Gasteiger partial charge in [0.05, 0.1) is 7.11 Å². The van der Waals surface area contributed by atoms with E-state index in [2.05, 4.69) is 29.6 Å². The normalized spacial score (nSPS) is 12.2. The molecule has 0 bridgehead atoms. The van der Waals surface area contributed by atoms with Gasteiger partial charge in [-0.15, -0.1) is 0 Å². The van der Waals surface area contributed by atoms with Gasteiger partial charge in [-0.25, -0.2) is 0 Å². The van der Waals surface area contributed by atoms with Gasteiger partial charge in [0.2, 0.25) is 11.8 Å². The summed E-state index contributed by atoms with van der Waals surface area (Å²) in [6.45, 7) is 7.94. The van der Waals surface area contributed by atoms with E-state index in [1.807, 2.05) is 81.4 Å². The van der Waals surface area contributed by atoms with Crippen LogP contribution in [0.3, 0.4) is 0 Å². The number of amides is 2. The number of nitrogens with one attached hydrogen (secondary N) is 1. The molecule has 5 heteroatoms. The molecule has 0 saturated carbocycles. The van der Waals surface area contributed by atoms with Crippen LogP contribution in [0.15, 0.2) is 84.9 Å². The summed E-state index contributed by atoms with van der Waals surface area (Å²) in [4.78, 5) is 28.6. The number of nitrogens with zero attached hydrogens (tertiary/aromatic N) is 1. The van der Waals surface area contributed by atoms with Crippen LogP contribution < -0.4 is 10.1 Å². The number of hydrogen-bond acceptors (Lipinski definition) is 3. The molecule has 0 saturated heterocycles. The van der Waals surface area contributed by atoms with Crippen molar-refractivity contribution in [3.8, 4) is 5.75 Å². The largest absolute Gasteiger partial charge is 0.497 e. The zero-order valence-corrected chi connectivity index (χ0v) is 21.3. The van der Waals surface area contributed by atoms with Crippen LogP contribution >= 0.6 is 0 Å². The summed E-state index contributed by atoms with van der Waals surface area (Å²) in [6.07, 6.45) is 0.261. The highest BCUT2D eigenvalue weighted by Gasteiger charge is 2.30. The Morgan fingerprint density at radius 1 is 0.857 bits per heavy atom. The summed E-state index contributed by atoms with van der Waals surface area (Å²) in [5.41, 5.74) is 2.69. The molecular weight excluding hydrogens is 436 g/mol. The number of ether oxygens (including phenoxy) is 1. The van der Waals surface area contributed by atoms with Gasteiger partial charge in [-0.05, 0) is 56.5 Å². The van der Waals surface area contributed by atoms with E-state index < -0.39 is 11.6 Å². The lowest BCUT2D eigenvalue weighted by Crippen LogP contribution is -2.52. The van der Waals surface area contributed by atoms with Crippen LogP contribution in [0.1, 0.15) is 56.7 Å². The second-order valence-corrected chi connectivity index (χ2v) is 9.86. The zero-order valence-electron chi connectivity index (χ0n) is 21.3. The summed E-state index contributed by atoms with van der Waals surface area (Å²) in [7, 11) is 1.62. The predicted molar refractivity (Wildman–Crippen MR) is 140 cm³/mol. The highest BCUT2D eigenvalue weighted by Crippen LogP contribution is 2.29. The molecule has 3 aromatic carbocycles. The van der Waals surface area contributed by atoms with Crippen LogP contribution in [-0.2, 0) is 16.1 Å². The fourth-order valence-electron chi connectivity index (χ4n) is 4.08. The van der Waals surface area contributed by atoms with E-state index in [4.69, 9.17) is 4.74 Å². The molecule has 0 fully saturated rings. The van der Waals surface area contributed by atoms with Crippen molar-refractivity contribution in [2.75, 3.05) is 7.11 Å². The van der Waals surface area contributed by atoms with Gasteiger partial charge in [0.15, 0.2) is 0 Å². The van der Waals surface area contributed by atoms with E-state index in [9.17, 15) is 9.59 Å². The fourth-order valence-corrected chi connectivity index (χ4v) is 4.08. The number of methoxy groups -OCH3 is 1. The van der Waals surface area contributed by atoms with Crippen LogP contribution in [-0.4, -0.2) is 35.4 Å². The molecule has 0 heterocycles. The van der Waals surface area contributed by atoms with Crippen molar-refractivity contribution >= 4 is 11.8 Å². The lowest BCUT2D eigenvalue weighted by Gasteiger charge is -2.32. The molecule has 0 aromatic heterocycles. The molecule has 1 atom stereocenters. The molecule has 0 aliphatic heterocycles. The summed E-state index contributed by atoms with van der Waals surface area (Å²) in [5, 5.41) is 3.02. The van der Waals surface area contributed by atoms with Crippen molar-refractivity contribution in [3.63, 3.8) is 0 Å². The van der Waals surface area contributed by atoms with E-state index in [0.29, 0.717) is 6.54 Å². The van der Waals surface area contributed by atoms with Crippen molar-refractivity contribution in [1.29, 1.82) is 0 Å². The Balaban J connectivity index is 1.92. The first-order valence-corrected chi connectivity index (χ1v) is 12.0. The third kappa shape index (κ3) is 7.44. The minimum atomic E-state index is -0.629. The Kier molecular flexibility index (Phi) is 8.69. The van der Waals surface area contributed by atoms with Crippen molar-refractivity contribution < 1.29 is 14.3 Å². The smallest absolute Gasteiger partial charge is 0.242 e. The Hall–Kier alpha value is -3.60. The van der Waals surface area contributed by atoms with Gasteiger partial charge in [-0.2, -0.15) is 0 Å².